The first-order valence-corrected chi connectivity index (χ1v) is 6.71. The normalized spacial score (nSPS) is 16.1. The molecule has 0 radical (unpaired) electrons. The van der Waals surface area contributed by atoms with E-state index in [0.29, 0.717) is 13.1 Å². The van der Waals surface area contributed by atoms with Gasteiger partial charge in [0, 0.05) is 18.7 Å². The fourth-order valence-corrected chi connectivity index (χ4v) is 2.24. The van der Waals surface area contributed by atoms with Gasteiger partial charge in [-0.1, -0.05) is 19.1 Å². The highest BCUT2D eigenvalue weighted by molar-refractivity contribution is 5.78. The second-order valence-corrected chi connectivity index (χ2v) is 5.19. The fraction of sp³-hybridized carbons (Fsp3) is 0.533. The van der Waals surface area contributed by atoms with Gasteiger partial charge < -0.3 is 15.2 Å². The number of nitrogens with one attached hydrogen (secondary N) is 1. The summed E-state index contributed by atoms with van der Waals surface area (Å²) in [7, 11) is 1.66. The molecule has 19 heavy (non-hydrogen) atoms. The number of ether oxygens (including phenoxy) is 1. The Morgan fingerprint density at radius 3 is 2.74 bits per heavy atom. The molecule has 104 valence electrons. The Labute approximate surface area is 113 Å². The monoisotopic (exact) mass is 263 g/mol. The Bertz CT molecular complexity index is 466. The lowest BCUT2D eigenvalue weighted by Gasteiger charge is -2.14. The van der Waals surface area contributed by atoms with Gasteiger partial charge in [0.15, 0.2) is 0 Å². The van der Waals surface area contributed by atoms with Crippen molar-refractivity contribution in [2.75, 3.05) is 13.7 Å². The first-order chi connectivity index (χ1) is 9.11. The van der Waals surface area contributed by atoms with Crippen LogP contribution in [0.1, 0.15) is 30.9 Å². The van der Waals surface area contributed by atoms with Crippen LogP contribution in [0.4, 0.5) is 0 Å². The molecule has 0 saturated heterocycles. The summed E-state index contributed by atoms with van der Waals surface area (Å²) in [5.74, 6) is 0.166. The zero-order valence-corrected chi connectivity index (χ0v) is 11.5. The van der Waals surface area contributed by atoms with Crippen LogP contribution in [-0.4, -0.2) is 24.7 Å². The van der Waals surface area contributed by atoms with Gasteiger partial charge in [-0.15, -0.1) is 0 Å². The minimum atomic E-state index is -0.686. The molecule has 1 aromatic rings. The third kappa shape index (κ3) is 3.07. The SMILES string of the molecule is CCc1ccc(OC)c(CNCC2(C(=O)O)CC2)c1. The van der Waals surface area contributed by atoms with E-state index in [-0.39, 0.29) is 0 Å². The fourth-order valence-electron chi connectivity index (χ4n) is 2.24. The minimum absolute atomic E-state index is 0.518. The molecule has 1 fully saturated rings. The van der Waals surface area contributed by atoms with Crippen molar-refractivity contribution in [1.82, 2.24) is 5.32 Å². The molecule has 0 atom stereocenters. The second-order valence-electron chi connectivity index (χ2n) is 5.19. The topological polar surface area (TPSA) is 58.6 Å². The van der Waals surface area contributed by atoms with E-state index >= 15 is 0 Å². The summed E-state index contributed by atoms with van der Waals surface area (Å²) in [6.45, 7) is 3.29. The predicted octanol–water partition coefficient (Wildman–Crippen LogP) is 2.21. The molecule has 4 heteroatoms. The number of benzene rings is 1. The summed E-state index contributed by atoms with van der Waals surface area (Å²) in [5.41, 5.74) is 1.83. The van der Waals surface area contributed by atoms with Crippen molar-refractivity contribution < 1.29 is 14.6 Å². The summed E-state index contributed by atoms with van der Waals surface area (Å²) >= 11 is 0. The van der Waals surface area contributed by atoms with E-state index in [0.717, 1.165) is 30.6 Å². The van der Waals surface area contributed by atoms with Gasteiger partial charge in [-0.3, -0.25) is 4.79 Å². The number of aryl methyl sites for hydroxylation is 1. The molecule has 2 N–H and O–H groups in total. The molecule has 4 nitrogen and oxygen atoms in total. The number of carbonyl (C=O) groups is 1. The van der Waals surface area contributed by atoms with E-state index in [1.54, 1.807) is 7.11 Å². The van der Waals surface area contributed by atoms with Crippen LogP contribution in [0.5, 0.6) is 5.75 Å². The molecule has 0 amide bonds. The second kappa shape index (κ2) is 5.61. The maximum Gasteiger partial charge on any atom is 0.310 e. The average Bonchev–Trinajstić information content (AvgIpc) is 3.20. The Kier molecular flexibility index (Phi) is 4.10. The molecule has 0 aromatic heterocycles. The summed E-state index contributed by atoms with van der Waals surface area (Å²) in [5, 5.41) is 12.4. The van der Waals surface area contributed by atoms with E-state index in [4.69, 9.17) is 9.84 Å². The molecular formula is C15H21NO3. The first kappa shape index (κ1) is 13.9. The van der Waals surface area contributed by atoms with E-state index in [1.807, 2.05) is 6.07 Å². The van der Waals surface area contributed by atoms with Crippen molar-refractivity contribution in [3.05, 3.63) is 29.3 Å². The van der Waals surface area contributed by atoms with Crippen LogP contribution in [0.15, 0.2) is 18.2 Å². The molecule has 1 aliphatic rings. The lowest BCUT2D eigenvalue weighted by molar-refractivity contribution is -0.143. The average molecular weight is 263 g/mol. The third-order valence-electron chi connectivity index (χ3n) is 3.84. The highest BCUT2D eigenvalue weighted by atomic mass is 16.5. The van der Waals surface area contributed by atoms with E-state index in [9.17, 15) is 4.79 Å². The Morgan fingerprint density at radius 2 is 2.21 bits per heavy atom. The van der Waals surface area contributed by atoms with Crippen LogP contribution in [0.25, 0.3) is 0 Å². The van der Waals surface area contributed by atoms with Crippen molar-refractivity contribution in [2.24, 2.45) is 5.41 Å². The van der Waals surface area contributed by atoms with Crippen LogP contribution in [0.2, 0.25) is 0 Å². The van der Waals surface area contributed by atoms with Crippen LogP contribution in [-0.2, 0) is 17.8 Å². The third-order valence-corrected chi connectivity index (χ3v) is 3.84. The molecule has 0 heterocycles. The zero-order chi connectivity index (χ0) is 13.9. The van der Waals surface area contributed by atoms with Crippen molar-refractivity contribution in [3.63, 3.8) is 0 Å². The number of aliphatic carboxylic acids is 1. The zero-order valence-electron chi connectivity index (χ0n) is 11.5. The molecule has 1 aromatic carbocycles. The van der Waals surface area contributed by atoms with Crippen LogP contribution in [0, 0.1) is 5.41 Å². The summed E-state index contributed by atoms with van der Waals surface area (Å²) in [6.07, 6.45) is 2.54. The van der Waals surface area contributed by atoms with Gasteiger partial charge >= 0.3 is 5.97 Å². The van der Waals surface area contributed by atoms with E-state index < -0.39 is 11.4 Å². The number of methoxy groups -OCH3 is 1. The van der Waals surface area contributed by atoms with Gasteiger partial charge in [0.05, 0.1) is 12.5 Å². The number of hydrogen-bond donors (Lipinski definition) is 2. The maximum atomic E-state index is 11.1. The number of carboxylic acids is 1. The lowest BCUT2D eigenvalue weighted by Crippen LogP contribution is -2.29. The van der Waals surface area contributed by atoms with Crippen molar-refractivity contribution in [1.29, 1.82) is 0 Å². The van der Waals surface area contributed by atoms with Crippen molar-refractivity contribution in [3.8, 4) is 5.75 Å². The van der Waals surface area contributed by atoms with E-state index in [1.165, 1.54) is 5.56 Å². The van der Waals surface area contributed by atoms with Crippen molar-refractivity contribution in [2.45, 2.75) is 32.7 Å². The quantitative estimate of drug-likeness (QED) is 0.792. The number of rotatable bonds is 7. The molecule has 0 unspecified atom stereocenters. The van der Waals surface area contributed by atoms with Gasteiger partial charge in [-0.25, -0.2) is 0 Å². The van der Waals surface area contributed by atoms with Gasteiger partial charge in [0.1, 0.15) is 5.75 Å². The van der Waals surface area contributed by atoms with Gasteiger partial charge in [-0.05, 0) is 30.9 Å². The summed E-state index contributed by atoms with van der Waals surface area (Å²) < 4.78 is 5.33. The summed E-state index contributed by atoms with van der Waals surface area (Å²) in [4.78, 5) is 11.1. The van der Waals surface area contributed by atoms with E-state index in [2.05, 4.69) is 24.4 Å². The van der Waals surface area contributed by atoms with Gasteiger partial charge in [0.2, 0.25) is 0 Å². The standard InChI is InChI=1S/C15H21NO3/c1-3-11-4-5-13(19-2)12(8-11)9-16-10-15(6-7-15)14(17)18/h4-5,8,16H,3,6-7,9-10H2,1-2H3,(H,17,18). The lowest BCUT2D eigenvalue weighted by atomic mass is 10.1. The molecule has 0 bridgehead atoms. The Morgan fingerprint density at radius 1 is 1.47 bits per heavy atom. The molecular weight excluding hydrogens is 242 g/mol. The minimum Gasteiger partial charge on any atom is -0.496 e. The van der Waals surface area contributed by atoms with Crippen molar-refractivity contribution >= 4 is 5.97 Å². The number of hydrogen-bond acceptors (Lipinski definition) is 3. The predicted molar refractivity (Wildman–Crippen MR) is 73.4 cm³/mol. The van der Waals surface area contributed by atoms with Crippen LogP contribution < -0.4 is 10.1 Å². The Hall–Kier alpha value is -1.55. The largest absolute Gasteiger partial charge is 0.496 e. The van der Waals surface area contributed by atoms with Gasteiger partial charge in [-0.2, -0.15) is 0 Å². The number of carboxylic acid groups (broad SMARTS) is 1. The van der Waals surface area contributed by atoms with Gasteiger partial charge in [0.25, 0.3) is 0 Å². The first-order valence-electron chi connectivity index (χ1n) is 6.71. The van der Waals surface area contributed by atoms with Crippen LogP contribution >= 0.6 is 0 Å². The molecule has 1 aliphatic carbocycles. The molecule has 2 rings (SSSR count). The smallest absolute Gasteiger partial charge is 0.310 e. The molecule has 0 spiro atoms. The highest BCUT2D eigenvalue weighted by Gasteiger charge is 2.49. The Balaban J connectivity index is 1.97. The molecule has 1 saturated carbocycles. The molecule has 0 aliphatic heterocycles. The highest BCUT2D eigenvalue weighted by Crippen LogP contribution is 2.45. The van der Waals surface area contributed by atoms with Crippen LogP contribution in [0.3, 0.4) is 0 Å². The summed E-state index contributed by atoms with van der Waals surface area (Å²) in [6, 6.07) is 6.15. The maximum absolute atomic E-state index is 11.1.